The van der Waals surface area contributed by atoms with E-state index in [2.05, 4.69) is 30.9 Å². The Morgan fingerprint density at radius 2 is 1.91 bits per heavy atom. The van der Waals surface area contributed by atoms with Gasteiger partial charge in [0.25, 0.3) is 0 Å². The van der Waals surface area contributed by atoms with Gasteiger partial charge in [-0.05, 0) is 80.7 Å². The van der Waals surface area contributed by atoms with Crippen LogP contribution in [0.1, 0.15) is 52.9 Å². The minimum atomic E-state index is -0.173. The van der Waals surface area contributed by atoms with Crippen molar-refractivity contribution < 1.29 is 4.39 Å². The molecule has 0 unspecified atom stereocenters. The third-order valence-corrected chi connectivity index (χ3v) is 4.84. The van der Waals surface area contributed by atoms with Crippen molar-refractivity contribution in [2.45, 2.75) is 52.9 Å². The standard InChI is InChI=1S/C21H27F/c1-4-18-10-12-21(13-11-18)20-7-5-6-19(14-15-20)16(2)8-9-17(3)22/h5,7-9,14-15,18,21H,4,10-13H2,1-3H3/b16-8+,17-9+. The molecule has 0 radical (unpaired) electrons. The fraction of sp³-hybridized carbons (Fsp3) is 0.476. The van der Waals surface area contributed by atoms with E-state index in [9.17, 15) is 4.39 Å². The summed E-state index contributed by atoms with van der Waals surface area (Å²) in [4.78, 5) is 0. The molecule has 2 aliphatic carbocycles. The molecule has 0 nitrogen and oxygen atoms in total. The first-order valence-corrected chi connectivity index (χ1v) is 8.46. The minimum Gasteiger partial charge on any atom is -0.212 e. The molecule has 1 saturated carbocycles. The van der Waals surface area contributed by atoms with Gasteiger partial charge < -0.3 is 0 Å². The lowest BCUT2D eigenvalue weighted by molar-refractivity contribution is 0.298. The number of hydrogen-bond acceptors (Lipinski definition) is 0. The lowest BCUT2D eigenvalue weighted by Crippen LogP contribution is -2.15. The molecule has 1 heteroatoms. The van der Waals surface area contributed by atoms with E-state index < -0.39 is 0 Å². The summed E-state index contributed by atoms with van der Waals surface area (Å²) in [5, 5.41) is 0. The Hall–Kier alpha value is -1.59. The summed E-state index contributed by atoms with van der Waals surface area (Å²) in [6.45, 7) is 5.76. The van der Waals surface area contributed by atoms with Crippen molar-refractivity contribution in [3.05, 3.63) is 64.7 Å². The maximum atomic E-state index is 12.8. The lowest BCUT2D eigenvalue weighted by atomic mass is 9.77. The van der Waals surface area contributed by atoms with Crippen molar-refractivity contribution in [3.63, 3.8) is 0 Å². The van der Waals surface area contributed by atoms with E-state index in [1.165, 1.54) is 50.7 Å². The van der Waals surface area contributed by atoms with Gasteiger partial charge in [0.1, 0.15) is 0 Å². The van der Waals surface area contributed by atoms with Gasteiger partial charge in [0.15, 0.2) is 0 Å². The monoisotopic (exact) mass is 298 g/mol. The van der Waals surface area contributed by atoms with Crippen molar-refractivity contribution in [3.8, 4) is 0 Å². The van der Waals surface area contributed by atoms with E-state index in [0.717, 1.165) is 17.1 Å². The van der Waals surface area contributed by atoms with Gasteiger partial charge in [-0.2, -0.15) is 0 Å². The lowest BCUT2D eigenvalue weighted by Gasteiger charge is -2.28. The van der Waals surface area contributed by atoms with Crippen LogP contribution >= 0.6 is 0 Å². The molecule has 0 aromatic rings. The minimum absolute atomic E-state index is 0.173. The van der Waals surface area contributed by atoms with Crippen LogP contribution in [0.5, 0.6) is 0 Å². The van der Waals surface area contributed by atoms with Gasteiger partial charge in [-0.3, -0.25) is 0 Å². The molecule has 2 aliphatic rings. The van der Waals surface area contributed by atoms with E-state index in [0.29, 0.717) is 5.92 Å². The van der Waals surface area contributed by atoms with Gasteiger partial charge >= 0.3 is 0 Å². The number of rotatable bonds is 4. The highest BCUT2D eigenvalue weighted by atomic mass is 19.1. The molecule has 0 aromatic heterocycles. The fourth-order valence-corrected chi connectivity index (χ4v) is 3.26. The molecule has 0 aliphatic heterocycles. The molecule has 0 bridgehead atoms. The number of hydrogen-bond donors (Lipinski definition) is 0. The summed E-state index contributed by atoms with van der Waals surface area (Å²) < 4.78 is 12.8. The Bertz CT molecular complexity index is 565. The first-order valence-electron chi connectivity index (χ1n) is 8.46. The maximum absolute atomic E-state index is 12.8. The van der Waals surface area contributed by atoms with Crippen molar-refractivity contribution in [1.29, 1.82) is 0 Å². The normalized spacial score (nSPS) is 26.5. The summed E-state index contributed by atoms with van der Waals surface area (Å²) in [5.41, 5.74) is 6.79. The zero-order chi connectivity index (χ0) is 15.9. The molecule has 22 heavy (non-hydrogen) atoms. The molecule has 1 fully saturated rings. The summed E-state index contributed by atoms with van der Waals surface area (Å²) in [6, 6.07) is 0. The molecule has 118 valence electrons. The molecule has 2 rings (SSSR count). The van der Waals surface area contributed by atoms with Crippen LogP contribution in [-0.4, -0.2) is 0 Å². The van der Waals surface area contributed by atoms with Gasteiger partial charge in [-0.25, -0.2) is 4.39 Å². The predicted molar refractivity (Wildman–Crippen MR) is 93.2 cm³/mol. The van der Waals surface area contributed by atoms with Crippen LogP contribution < -0.4 is 0 Å². The second kappa shape index (κ2) is 8.15. The molecule has 0 aromatic carbocycles. The second-order valence-corrected chi connectivity index (χ2v) is 6.45. The second-order valence-electron chi connectivity index (χ2n) is 6.45. The van der Waals surface area contributed by atoms with Crippen molar-refractivity contribution >= 4 is 0 Å². The summed E-state index contributed by atoms with van der Waals surface area (Å²) in [6.07, 6.45) is 18.5. The largest absolute Gasteiger partial charge is 0.212 e. The Kier molecular flexibility index (Phi) is 6.21. The van der Waals surface area contributed by atoms with Crippen LogP contribution in [0.15, 0.2) is 64.7 Å². The van der Waals surface area contributed by atoms with Crippen molar-refractivity contribution in [2.75, 3.05) is 0 Å². The number of allylic oxidation sites excluding steroid dienone is 9. The average Bonchev–Trinajstić information content (AvgIpc) is 2.78. The molecule has 0 atom stereocenters. The van der Waals surface area contributed by atoms with Gasteiger partial charge in [-0.15, -0.1) is 5.73 Å². The molecular weight excluding hydrogens is 271 g/mol. The van der Waals surface area contributed by atoms with Gasteiger partial charge in [0.05, 0.1) is 5.83 Å². The highest BCUT2D eigenvalue weighted by molar-refractivity contribution is 5.45. The Labute approximate surface area is 134 Å². The Morgan fingerprint density at radius 1 is 1.18 bits per heavy atom. The summed E-state index contributed by atoms with van der Waals surface area (Å²) in [7, 11) is 0. The third kappa shape index (κ3) is 4.71. The molecular formula is C21H27F. The van der Waals surface area contributed by atoms with Crippen LogP contribution in [0.2, 0.25) is 0 Å². The van der Waals surface area contributed by atoms with Gasteiger partial charge in [-0.1, -0.05) is 31.6 Å². The van der Waals surface area contributed by atoms with E-state index in [-0.39, 0.29) is 5.83 Å². The van der Waals surface area contributed by atoms with Crippen LogP contribution in [0.25, 0.3) is 0 Å². The molecule has 0 amide bonds. The molecule has 0 spiro atoms. The fourth-order valence-electron chi connectivity index (χ4n) is 3.26. The SMILES string of the molecule is CCC1CCC(C2=CC=C=C(/C(C)=C/C=C(\C)F)C=C2)CC1. The van der Waals surface area contributed by atoms with E-state index in [1.807, 2.05) is 19.1 Å². The van der Waals surface area contributed by atoms with Crippen molar-refractivity contribution in [1.82, 2.24) is 0 Å². The van der Waals surface area contributed by atoms with Crippen molar-refractivity contribution in [2.24, 2.45) is 11.8 Å². The number of halogens is 1. The quantitative estimate of drug-likeness (QED) is 0.405. The third-order valence-electron chi connectivity index (χ3n) is 4.84. The highest BCUT2D eigenvalue weighted by Crippen LogP contribution is 2.35. The molecule has 0 N–H and O–H groups in total. The van der Waals surface area contributed by atoms with E-state index in [4.69, 9.17) is 0 Å². The van der Waals surface area contributed by atoms with Crippen LogP contribution in [0.4, 0.5) is 4.39 Å². The van der Waals surface area contributed by atoms with Crippen LogP contribution in [0.3, 0.4) is 0 Å². The first-order chi connectivity index (χ1) is 10.6. The first kappa shape index (κ1) is 16.8. The summed E-state index contributed by atoms with van der Waals surface area (Å²) in [5.74, 6) is 1.44. The summed E-state index contributed by atoms with van der Waals surface area (Å²) >= 11 is 0. The van der Waals surface area contributed by atoms with E-state index in [1.54, 1.807) is 0 Å². The zero-order valence-electron chi connectivity index (χ0n) is 14.0. The maximum Gasteiger partial charge on any atom is 0.0968 e. The Balaban J connectivity index is 2.03. The predicted octanol–water partition coefficient (Wildman–Crippen LogP) is 6.60. The smallest absolute Gasteiger partial charge is 0.0968 e. The Morgan fingerprint density at radius 3 is 2.55 bits per heavy atom. The zero-order valence-corrected chi connectivity index (χ0v) is 14.0. The molecule has 0 heterocycles. The topological polar surface area (TPSA) is 0 Å². The highest BCUT2D eigenvalue weighted by Gasteiger charge is 2.21. The van der Waals surface area contributed by atoms with Gasteiger partial charge in [0.2, 0.25) is 0 Å². The average molecular weight is 298 g/mol. The molecule has 0 saturated heterocycles. The van der Waals surface area contributed by atoms with Crippen LogP contribution in [-0.2, 0) is 0 Å². The van der Waals surface area contributed by atoms with Gasteiger partial charge in [0, 0.05) is 5.57 Å². The van der Waals surface area contributed by atoms with Crippen LogP contribution in [0, 0.1) is 11.8 Å². The van der Waals surface area contributed by atoms with E-state index >= 15 is 0 Å².